The second-order valence-electron chi connectivity index (χ2n) is 8.36. The summed E-state index contributed by atoms with van der Waals surface area (Å²) >= 11 is 0. The molecule has 5 atom stereocenters. The molecule has 0 spiro atoms. The van der Waals surface area contributed by atoms with Crippen molar-refractivity contribution in [2.24, 2.45) is 22.7 Å². The zero-order valence-electron chi connectivity index (χ0n) is 15.1. The van der Waals surface area contributed by atoms with Crippen LogP contribution in [0.2, 0.25) is 0 Å². The molecule has 3 nitrogen and oxygen atoms in total. The molecular formula is C20H32O3. The summed E-state index contributed by atoms with van der Waals surface area (Å²) in [5.74, 6) is 0.275. The van der Waals surface area contributed by atoms with Crippen LogP contribution in [0.4, 0.5) is 0 Å². The second kappa shape index (κ2) is 6.43. The molecule has 0 aromatic carbocycles. The van der Waals surface area contributed by atoms with E-state index in [-0.39, 0.29) is 16.9 Å². The summed E-state index contributed by atoms with van der Waals surface area (Å²) in [5.41, 5.74) is 2.14. The standard InChI is InChI=1S/C20H32O3/c1-13(12-18(22)23)8-10-19(4)14(2)9-11-20(5)15(3)16(21)6-7-17(19)20/h12,14,16-17,21H,3,6-11H2,1-2,4-5H3,(H,22,23). The number of hydrogen-bond donors (Lipinski definition) is 2. The highest BCUT2D eigenvalue weighted by Gasteiger charge is 2.55. The molecule has 2 saturated carbocycles. The third kappa shape index (κ3) is 3.26. The summed E-state index contributed by atoms with van der Waals surface area (Å²) in [6.45, 7) is 13.1. The summed E-state index contributed by atoms with van der Waals surface area (Å²) in [5, 5.41) is 19.2. The van der Waals surface area contributed by atoms with Gasteiger partial charge in [-0.25, -0.2) is 4.79 Å². The van der Waals surface area contributed by atoms with Gasteiger partial charge in [-0.05, 0) is 73.7 Å². The first-order valence-corrected chi connectivity index (χ1v) is 8.88. The highest BCUT2D eigenvalue weighted by Crippen LogP contribution is 2.62. The lowest BCUT2D eigenvalue weighted by Crippen LogP contribution is -2.52. The van der Waals surface area contributed by atoms with E-state index < -0.39 is 5.97 Å². The van der Waals surface area contributed by atoms with Crippen LogP contribution in [0.3, 0.4) is 0 Å². The molecule has 0 amide bonds. The number of rotatable bonds is 4. The van der Waals surface area contributed by atoms with Crippen molar-refractivity contribution in [3.05, 3.63) is 23.8 Å². The maximum Gasteiger partial charge on any atom is 0.328 e. The van der Waals surface area contributed by atoms with E-state index >= 15 is 0 Å². The van der Waals surface area contributed by atoms with Gasteiger partial charge >= 0.3 is 5.97 Å². The van der Waals surface area contributed by atoms with Gasteiger partial charge in [-0.2, -0.15) is 0 Å². The van der Waals surface area contributed by atoms with Crippen molar-refractivity contribution in [2.75, 3.05) is 0 Å². The smallest absolute Gasteiger partial charge is 0.328 e. The van der Waals surface area contributed by atoms with Crippen molar-refractivity contribution in [2.45, 2.75) is 72.3 Å². The molecule has 2 aliphatic carbocycles. The van der Waals surface area contributed by atoms with Crippen molar-refractivity contribution < 1.29 is 15.0 Å². The van der Waals surface area contributed by atoms with Gasteiger partial charge in [0.15, 0.2) is 0 Å². The van der Waals surface area contributed by atoms with Crippen LogP contribution in [0.15, 0.2) is 23.8 Å². The maximum absolute atomic E-state index is 10.8. The van der Waals surface area contributed by atoms with Crippen LogP contribution in [0.25, 0.3) is 0 Å². The number of fused-ring (bicyclic) bond motifs is 1. The van der Waals surface area contributed by atoms with Gasteiger partial charge in [0.2, 0.25) is 0 Å². The monoisotopic (exact) mass is 320 g/mol. The van der Waals surface area contributed by atoms with Crippen LogP contribution >= 0.6 is 0 Å². The molecule has 3 heteroatoms. The van der Waals surface area contributed by atoms with E-state index in [0.717, 1.165) is 49.7 Å². The van der Waals surface area contributed by atoms with Gasteiger partial charge in [0.1, 0.15) is 0 Å². The summed E-state index contributed by atoms with van der Waals surface area (Å²) in [6, 6.07) is 0. The van der Waals surface area contributed by atoms with Gasteiger partial charge < -0.3 is 10.2 Å². The summed E-state index contributed by atoms with van der Waals surface area (Å²) in [4.78, 5) is 10.8. The molecule has 0 radical (unpaired) electrons. The van der Waals surface area contributed by atoms with Crippen molar-refractivity contribution in [3.63, 3.8) is 0 Å². The Morgan fingerprint density at radius 1 is 1.35 bits per heavy atom. The Morgan fingerprint density at radius 2 is 2.00 bits per heavy atom. The molecular weight excluding hydrogens is 288 g/mol. The predicted molar refractivity (Wildman–Crippen MR) is 93.1 cm³/mol. The minimum Gasteiger partial charge on any atom is -0.478 e. The molecule has 2 N–H and O–H groups in total. The van der Waals surface area contributed by atoms with Gasteiger partial charge in [-0.3, -0.25) is 0 Å². The van der Waals surface area contributed by atoms with E-state index in [2.05, 4.69) is 27.4 Å². The number of carboxylic acids is 1. The fourth-order valence-electron chi connectivity index (χ4n) is 5.17. The van der Waals surface area contributed by atoms with Gasteiger partial charge in [0.25, 0.3) is 0 Å². The Bertz CT molecular complexity index is 521. The first-order valence-electron chi connectivity index (χ1n) is 8.88. The Labute approximate surface area is 140 Å². The van der Waals surface area contributed by atoms with Crippen molar-refractivity contribution in [1.82, 2.24) is 0 Å². The zero-order valence-corrected chi connectivity index (χ0v) is 15.1. The third-order valence-electron chi connectivity index (χ3n) is 7.08. The molecule has 0 heterocycles. The second-order valence-corrected chi connectivity index (χ2v) is 8.36. The lowest BCUT2D eigenvalue weighted by molar-refractivity contribution is -0.131. The van der Waals surface area contributed by atoms with E-state index in [9.17, 15) is 9.90 Å². The number of allylic oxidation sites excluding steroid dienone is 1. The normalized spacial score (nSPS) is 41.5. The minimum atomic E-state index is -0.858. The quantitative estimate of drug-likeness (QED) is 0.589. The van der Waals surface area contributed by atoms with Gasteiger partial charge in [0, 0.05) is 6.08 Å². The van der Waals surface area contributed by atoms with Crippen molar-refractivity contribution >= 4 is 5.97 Å². The number of aliphatic hydroxyl groups excluding tert-OH is 1. The topological polar surface area (TPSA) is 57.5 Å². The van der Waals surface area contributed by atoms with Crippen LogP contribution in [0.5, 0.6) is 0 Å². The van der Waals surface area contributed by atoms with E-state index in [1.807, 2.05) is 6.92 Å². The van der Waals surface area contributed by atoms with E-state index in [0.29, 0.717) is 11.8 Å². The highest BCUT2D eigenvalue weighted by molar-refractivity contribution is 5.80. The average Bonchev–Trinajstić information content (AvgIpc) is 2.46. The van der Waals surface area contributed by atoms with Crippen molar-refractivity contribution in [3.8, 4) is 0 Å². The largest absolute Gasteiger partial charge is 0.478 e. The Balaban J connectivity index is 2.24. The number of hydrogen-bond acceptors (Lipinski definition) is 2. The van der Waals surface area contributed by atoms with Crippen LogP contribution in [-0.4, -0.2) is 22.3 Å². The highest BCUT2D eigenvalue weighted by atomic mass is 16.4. The molecule has 0 aromatic heterocycles. The molecule has 0 bridgehead atoms. The lowest BCUT2D eigenvalue weighted by atomic mass is 9.46. The van der Waals surface area contributed by atoms with Gasteiger partial charge in [0.05, 0.1) is 6.10 Å². The van der Waals surface area contributed by atoms with E-state index in [4.69, 9.17) is 5.11 Å². The molecule has 5 unspecified atom stereocenters. The first-order chi connectivity index (χ1) is 10.6. The predicted octanol–water partition coefficient (Wildman–Crippen LogP) is 4.57. The van der Waals surface area contributed by atoms with E-state index in [1.54, 1.807) is 0 Å². The average molecular weight is 320 g/mol. The molecule has 0 aromatic rings. The lowest BCUT2D eigenvalue weighted by Gasteiger charge is -2.59. The van der Waals surface area contributed by atoms with Crippen molar-refractivity contribution in [1.29, 1.82) is 0 Å². The number of carboxylic acid groups (broad SMARTS) is 1. The third-order valence-corrected chi connectivity index (χ3v) is 7.08. The zero-order chi connectivity index (χ0) is 17.4. The summed E-state index contributed by atoms with van der Waals surface area (Å²) in [7, 11) is 0. The molecule has 130 valence electrons. The van der Waals surface area contributed by atoms with Crippen LogP contribution in [-0.2, 0) is 4.79 Å². The fraction of sp³-hybridized carbons (Fsp3) is 0.750. The molecule has 2 aliphatic rings. The molecule has 0 aliphatic heterocycles. The Morgan fingerprint density at radius 3 is 2.61 bits per heavy atom. The molecule has 2 fully saturated rings. The number of aliphatic hydroxyl groups is 1. The maximum atomic E-state index is 10.8. The van der Waals surface area contributed by atoms with Crippen LogP contribution in [0.1, 0.15) is 66.2 Å². The summed E-state index contributed by atoms with van der Waals surface area (Å²) in [6.07, 6.45) is 6.92. The molecule has 0 saturated heterocycles. The Hall–Kier alpha value is -1.09. The Kier molecular flexibility index (Phi) is 5.10. The van der Waals surface area contributed by atoms with Crippen LogP contribution < -0.4 is 0 Å². The van der Waals surface area contributed by atoms with Gasteiger partial charge in [-0.15, -0.1) is 0 Å². The molecule has 2 rings (SSSR count). The minimum absolute atomic E-state index is 0.0172. The number of aliphatic carboxylic acids is 1. The SMILES string of the molecule is C=C1C(O)CCC2C1(C)CCC(C)C2(C)CCC(C)=CC(=O)O. The van der Waals surface area contributed by atoms with Gasteiger partial charge in [-0.1, -0.05) is 32.9 Å². The fourth-order valence-corrected chi connectivity index (χ4v) is 5.17. The number of carbonyl (C=O) groups is 1. The molecule has 23 heavy (non-hydrogen) atoms. The van der Waals surface area contributed by atoms with Crippen LogP contribution in [0, 0.1) is 22.7 Å². The summed E-state index contributed by atoms with van der Waals surface area (Å²) < 4.78 is 0. The van der Waals surface area contributed by atoms with E-state index in [1.165, 1.54) is 6.08 Å². The first kappa shape index (κ1) is 18.3.